The van der Waals surface area contributed by atoms with Crippen molar-refractivity contribution in [2.24, 2.45) is 0 Å². The fraction of sp³-hybridized carbons (Fsp3) is 0.441. The van der Waals surface area contributed by atoms with Crippen molar-refractivity contribution in [1.82, 2.24) is 14.5 Å². The monoisotopic (exact) mass is 736 g/mol. The van der Waals surface area contributed by atoms with Crippen LogP contribution in [0.3, 0.4) is 0 Å². The SMILES string of the molecule is C[C@@H](N1CN([C@@H]2c3ccccc3SCc3c(Cl)cccc32)n2ccc(=O)c(OC(=O)N(C)CCO[Si](C)(C)C(C)(C)C)c2C1=O)C(F)(F)F. The molecular weight excluding hydrogens is 697 g/mol. The lowest BCUT2D eigenvalue weighted by molar-refractivity contribution is -0.173. The van der Waals surface area contributed by atoms with Crippen LogP contribution in [-0.4, -0.2) is 73.9 Å². The Kier molecular flexibility index (Phi) is 10.3. The number of alkyl halides is 3. The van der Waals surface area contributed by atoms with Crippen LogP contribution in [0.25, 0.3) is 0 Å². The van der Waals surface area contributed by atoms with E-state index in [0.717, 1.165) is 34.6 Å². The van der Waals surface area contributed by atoms with Gasteiger partial charge in [-0.25, -0.2) is 4.79 Å². The first kappa shape index (κ1) is 36.8. The van der Waals surface area contributed by atoms with Gasteiger partial charge in [-0.05, 0) is 53.9 Å². The quantitative estimate of drug-likeness (QED) is 0.231. The van der Waals surface area contributed by atoms with Gasteiger partial charge in [0.15, 0.2) is 14.0 Å². The lowest BCUT2D eigenvalue weighted by Gasteiger charge is -2.46. The number of rotatable bonds is 7. The lowest BCUT2D eigenvalue weighted by Crippen LogP contribution is -2.60. The molecule has 9 nitrogen and oxygen atoms in total. The minimum Gasteiger partial charge on any atom is -0.415 e. The highest BCUT2D eigenvalue weighted by molar-refractivity contribution is 7.98. The predicted octanol–water partition coefficient (Wildman–Crippen LogP) is 7.65. The molecule has 2 aliphatic heterocycles. The fourth-order valence-electron chi connectivity index (χ4n) is 5.49. The van der Waals surface area contributed by atoms with E-state index in [0.29, 0.717) is 15.7 Å². The number of thioether (sulfide) groups is 1. The summed E-state index contributed by atoms with van der Waals surface area (Å²) in [5.74, 6) is -1.27. The molecule has 2 aliphatic rings. The number of hydrogen-bond donors (Lipinski definition) is 0. The molecule has 0 unspecified atom stereocenters. The lowest BCUT2D eigenvalue weighted by atomic mass is 9.94. The van der Waals surface area contributed by atoms with E-state index in [1.165, 1.54) is 22.8 Å². The minimum absolute atomic E-state index is 0.0576. The minimum atomic E-state index is -4.79. The zero-order valence-corrected chi connectivity index (χ0v) is 31.0. The summed E-state index contributed by atoms with van der Waals surface area (Å²) in [5.41, 5.74) is 0.960. The van der Waals surface area contributed by atoms with Gasteiger partial charge in [-0.3, -0.25) is 19.3 Å². The van der Waals surface area contributed by atoms with Crippen LogP contribution in [0.15, 0.2) is 64.4 Å². The first-order valence-corrected chi connectivity index (χ1v) is 20.1. The number of likely N-dealkylation sites (N-methyl/N-ethyl adjacent to an activating group) is 1. The van der Waals surface area contributed by atoms with E-state index in [4.69, 9.17) is 20.8 Å². The van der Waals surface area contributed by atoms with Crippen LogP contribution in [0.2, 0.25) is 23.2 Å². The van der Waals surface area contributed by atoms with Crippen molar-refractivity contribution >= 4 is 43.7 Å². The molecule has 2 amide bonds. The van der Waals surface area contributed by atoms with Crippen LogP contribution < -0.4 is 15.2 Å². The molecule has 264 valence electrons. The third-order valence-corrected chi connectivity index (χ3v) is 15.6. The highest BCUT2D eigenvalue weighted by atomic mass is 35.5. The number of ether oxygens (including phenoxy) is 1. The summed E-state index contributed by atoms with van der Waals surface area (Å²) >= 11 is 8.22. The summed E-state index contributed by atoms with van der Waals surface area (Å²) in [4.78, 5) is 43.5. The smallest absolute Gasteiger partial charge is 0.415 e. The van der Waals surface area contributed by atoms with Gasteiger partial charge in [-0.1, -0.05) is 62.7 Å². The summed E-state index contributed by atoms with van der Waals surface area (Å²) in [6.45, 7) is 11.1. The number of pyridine rings is 1. The molecule has 49 heavy (non-hydrogen) atoms. The number of amides is 2. The Morgan fingerprint density at radius 2 is 1.76 bits per heavy atom. The number of hydrogen-bond acceptors (Lipinski definition) is 7. The summed E-state index contributed by atoms with van der Waals surface area (Å²) in [6.07, 6.45) is -4.43. The molecule has 3 aromatic rings. The van der Waals surface area contributed by atoms with Crippen LogP contribution in [0, 0.1) is 0 Å². The molecule has 0 N–H and O–H groups in total. The van der Waals surface area contributed by atoms with E-state index < -0.39 is 62.1 Å². The topological polar surface area (TPSA) is 84.3 Å². The van der Waals surface area contributed by atoms with Gasteiger partial charge in [0.2, 0.25) is 11.2 Å². The second kappa shape index (κ2) is 13.7. The molecule has 0 bridgehead atoms. The van der Waals surface area contributed by atoms with Crippen LogP contribution in [0.1, 0.15) is 60.9 Å². The number of nitrogens with zero attached hydrogens (tertiary/aromatic N) is 4. The Morgan fingerprint density at radius 3 is 2.43 bits per heavy atom. The van der Waals surface area contributed by atoms with E-state index in [1.54, 1.807) is 28.9 Å². The van der Waals surface area contributed by atoms with Crippen LogP contribution in [0.4, 0.5) is 18.0 Å². The van der Waals surface area contributed by atoms with Crippen molar-refractivity contribution in [3.05, 3.63) is 92.4 Å². The van der Waals surface area contributed by atoms with Gasteiger partial charge in [-0.15, -0.1) is 11.8 Å². The number of aromatic nitrogens is 1. The molecule has 15 heteroatoms. The molecular formula is C34H40ClF3N4O5SSi. The number of benzene rings is 2. The average molecular weight is 737 g/mol. The molecule has 0 radical (unpaired) electrons. The normalized spacial score (nSPS) is 17.1. The first-order valence-electron chi connectivity index (χ1n) is 15.8. The van der Waals surface area contributed by atoms with Crippen molar-refractivity contribution in [1.29, 1.82) is 0 Å². The van der Waals surface area contributed by atoms with E-state index in [2.05, 4.69) is 33.9 Å². The third-order valence-electron chi connectivity index (χ3n) is 9.54. The van der Waals surface area contributed by atoms with Crippen molar-refractivity contribution in [3.63, 3.8) is 0 Å². The summed E-state index contributed by atoms with van der Waals surface area (Å²) in [6, 6.07) is 11.0. The molecule has 2 atom stereocenters. The second-order valence-corrected chi connectivity index (χ2v) is 19.9. The zero-order valence-electron chi connectivity index (χ0n) is 28.4. The first-order chi connectivity index (χ1) is 22.8. The Bertz CT molecular complexity index is 1820. The molecule has 0 saturated heterocycles. The van der Waals surface area contributed by atoms with Gasteiger partial charge < -0.3 is 19.0 Å². The molecule has 5 rings (SSSR count). The van der Waals surface area contributed by atoms with E-state index in [9.17, 15) is 27.6 Å². The molecule has 0 aliphatic carbocycles. The number of halogens is 4. The van der Waals surface area contributed by atoms with Crippen LogP contribution in [-0.2, 0) is 10.2 Å². The molecule has 0 saturated carbocycles. The maximum atomic E-state index is 14.3. The Labute approximate surface area is 294 Å². The van der Waals surface area contributed by atoms with E-state index in [-0.39, 0.29) is 18.2 Å². The van der Waals surface area contributed by atoms with Crippen LogP contribution >= 0.6 is 23.4 Å². The third kappa shape index (κ3) is 7.24. The number of carbonyl (C=O) groups is 2. The highest BCUT2D eigenvalue weighted by Crippen LogP contribution is 2.45. The summed E-state index contributed by atoms with van der Waals surface area (Å²) in [5, 5.41) is 2.01. The maximum absolute atomic E-state index is 14.3. The van der Waals surface area contributed by atoms with Gasteiger partial charge in [0.05, 0.1) is 12.6 Å². The zero-order chi connectivity index (χ0) is 36.1. The average Bonchev–Trinajstić information content (AvgIpc) is 3.18. The van der Waals surface area contributed by atoms with E-state index >= 15 is 0 Å². The van der Waals surface area contributed by atoms with Gasteiger partial charge in [0, 0.05) is 41.5 Å². The van der Waals surface area contributed by atoms with Gasteiger partial charge in [-0.2, -0.15) is 13.2 Å². The Balaban J connectivity index is 1.60. The van der Waals surface area contributed by atoms with Crippen molar-refractivity contribution in [2.45, 2.75) is 74.7 Å². The molecule has 1 aromatic heterocycles. The summed E-state index contributed by atoms with van der Waals surface area (Å²) < 4.78 is 56.0. The van der Waals surface area contributed by atoms with Gasteiger partial charge in [0.25, 0.3) is 5.91 Å². The van der Waals surface area contributed by atoms with Crippen LogP contribution in [0.5, 0.6) is 5.75 Å². The fourth-order valence-corrected chi connectivity index (χ4v) is 8.00. The van der Waals surface area contributed by atoms with E-state index in [1.807, 2.05) is 30.3 Å². The Morgan fingerprint density at radius 1 is 1.08 bits per heavy atom. The summed E-state index contributed by atoms with van der Waals surface area (Å²) in [7, 11) is -0.668. The van der Waals surface area contributed by atoms with Crippen molar-refractivity contribution < 1.29 is 31.9 Å². The molecule has 3 heterocycles. The Hall–Kier alpha value is -3.46. The molecule has 0 fully saturated rings. The molecule has 2 aromatic carbocycles. The number of carbonyl (C=O) groups excluding carboxylic acids is 2. The number of fused-ring (bicyclic) bond motifs is 3. The highest BCUT2D eigenvalue weighted by Gasteiger charge is 2.48. The van der Waals surface area contributed by atoms with Gasteiger partial charge in [0.1, 0.15) is 12.7 Å². The van der Waals surface area contributed by atoms with Crippen molar-refractivity contribution in [2.75, 3.05) is 31.9 Å². The molecule has 0 spiro atoms. The maximum Gasteiger partial charge on any atom is 0.415 e. The van der Waals surface area contributed by atoms with Crippen molar-refractivity contribution in [3.8, 4) is 5.75 Å². The standard InChI is InChI=1S/C34H40ClF3N4O5SSi/c1-21(34(36,37)38)40-20-42(28-22-12-10-13-25(35)24(22)19-48-27-14-9-8-11-23(27)28)41-16-15-26(43)30(29(41)31(40)44)47-32(45)39(5)17-18-46-49(6,7)33(2,3)4/h8-16,21,28H,17-20H2,1-7H3/t21-,28+/m1/s1. The largest absolute Gasteiger partial charge is 0.415 e. The second-order valence-electron chi connectivity index (χ2n) is 13.7. The van der Waals surface area contributed by atoms with Gasteiger partial charge >= 0.3 is 12.3 Å². The predicted molar refractivity (Wildman–Crippen MR) is 187 cm³/mol.